The number of hydrogen-bond acceptors (Lipinski definition) is 4. The Morgan fingerprint density at radius 2 is 1.48 bits per heavy atom. The molecule has 0 amide bonds. The number of aliphatic hydroxyl groups excluding tert-OH is 1. The molecule has 7 nitrogen and oxygen atoms in total. The monoisotopic (exact) mass is 576 g/mol. The molecule has 0 bridgehead atoms. The zero-order chi connectivity index (χ0) is 23.2. The molecule has 9 heteroatoms. The van der Waals surface area contributed by atoms with Gasteiger partial charge in [-0.2, -0.15) is 0 Å². The van der Waals surface area contributed by atoms with Crippen molar-refractivity contribution in [2.24, 2.45) is 5.11 Å². The summed E-state index contributed by atoms with van der Waals surface area (Å²) in [5.41, 5.74) is 10.6. The van der Waals surface area contributed by atoms with E-state index < -0.39 is 6.10 Å². The largest absolute Gasteiger partial charge is 0.390 e. The molecule has 4 rings (SSSR count). The predicted octanol–water partition coefficient (Wildman–Crippen LogP) is 5.78. The highest BCUT2D eigenvalue weighted by atomic mass is 79.9. The van der Waals surface area contributed by atoms with E-state index in [1.54, 1.807) is 0 Å². The second-order valence-electron chi connectivity index (χ2n) is 8.74. The molecule has 1 aliphatic rings. The minimum atomic E-state index is -0.427. The molecule has 3 aromatic rings. The number of benzene rings is 2. The number of halogens is 2. The van der Waals surface area contributed by atoms with E-state index >= 15 is 0 Å². The Morgan fingerprint density at radius 1 is 0.879 bits per heavy atom. The van der Waals surface area contributed by atoms with Gasteiger partial charge in [0.25, 0.3) is 0 Å². The molecule has 1 fully saturated rings. The third kappa shape index (κ3) is 6.29. The maximum Gasteiger partial charge on any atom is 0.0845 e. The van der Waals surface area contributed by atoms with Gasteiger partial charge in [0.2, 0.25) is 0 Å². The fourth-order valence-corrected chi connectivity index (χ4v) is 5.47. The lowest BCUT2D eigenvalue weighted by Gasteiger charge is -2.35. The van der Waals surface area contributed by atoms with Crippen molar-refractivity contribution in [2.45, 2.75) is 31.9 Å². The van der Waals surface area contributed by atoms with Gasteiger partial charge in [-0.1, -0.05) is 43.4 Å². The van der Waals surface area contributed by atoms with Crippen molar-refractivity contribution < 1.29 is 5.11 Å². The van der Waals surface area contributed by atoms with Gasteiger partial charge in [0.15, 0.2) is 0 Å². The first-order chi connectivity index (χ1) is 16.0. The van der Waals surface area contributed by atoms with Crippen LogP contribution < -0.4 is 0 Å². The average Bonchev–Trinajstić information content (AvgIpc) is 3.09. The summed E-state index contributed by atoms with van der Waals surface area (Å²) in [6.45, 7) is 7.03. The summed E-state index contributed by atoms with van der Waals surface area (Å²) in [5, 5.41) is 17.0. The number of aromatic nitrogens is 1. The number of hydrogen-bond donors (Lipinski definition) is 1. The van der Waals surface area contributed by atoms with Crippen molar-refractivity contribution in [3.05, 3.63) is 55.8 Å². The molecule has 1 unspecified atom stereocenters. The van der Waals surface area contributed by atoms with Crippen LogP contribution >= 0.6 is 31.9 Å². The molecule has 1 saturated heterocycles. The average molecular weight is 578 g/mol. The third-order valence-corrected chi connectivity index (χ3v) is 7.40. The SMILES string of the molecule is [N-]=[N+]=NCCCCCN1CCN(CC(O)Cn2c3ccc(Br)cc3c3cc(Br)ccc32)CC1. The summed E-state index contributed by atoms with van der Waals surface area (Å²) in [5.74, 6) is 0. The fraction of sp³-hybridized carbons (Fsp3) is 0.500. The number of rotatable bonds is 10. The van der Waals surface area contributed by atoms with Crippen LogP contribution in [0.25, 0.3) is 32.2 Å². The lowest BCUT2D eigenvalue weighted by molar-refractivity contribution is 0.0651. The Labute approximate surface area is 211 Å². The molecule has 2 heterocycles. The minimum absolute atomic E-state index is 0.427. The van der Waals surface area contributed by atoms with Crippen molar-refractivity contribution in [1.82, 2.24) is 14.4 Å². The van der Waals surface area contributed by atoms with Gasteiger partial charge >= 0.3 is 0 Å². The quantitative estimate of drug-likeness (QED) is 0.143. The number of fused-ring (bicyclic) bond motifs is 3. The van der Waals surface area contributed by atoms with Gasteiger partial charge in [0.1, 0.15) is 0 Å². The van der Waals surface area contributed by atoms with Crippen molar-refractivity contribution >= 4 is 53.7 Å². The lowest BCUT2D eigenvalue weighted by Crippen LogP contribution is -2.49. The summed E-state index contributed by atoms with van der Waals surface area (Å²) >= 11 is 7.20. The first-order valence-corrected chi connectivity index (χ1v) is 13.1. The maximum atomic E-state index is 11.0. The molecule has 0 saturated carbocycles. The van der Waals surface area contributed by atoms with Crippen molar-refractivity contribution in [3.8, 4) is 0 Å². The number of β-amino-alcohol motifs (C(OH)–C–C–N with tert-alkyl or cyclic N) is 1. The highest BCUT2D eigenvalue weighted by Gasteiger charge is 2.20. The second kappa shape index (κ2) is 11.7. The van der Waals surface area contributed by atoms with Crippen molar-refractivity contribution in [1.29, 1.82) is 0 Å². The zero-order valence-electron chi connectivity index (χ0n) is 18.7. The fourth-order valence-electron chi connectivity index (χ4n) is 4.75. The Bertz CT molecular complexity index is 1080. The van der Waals surface area contributed by atoms with Crippen LogP contribution in [0.15, 0.2) is 50.5 Å². The van der Waals surface area contributed by atoms with Gasteiger partial charge < -0.3 is 14.6 Å². The van der Waals surface area contributed by atoms with Crippen LogP contribution in [0, 0.1) is 0 Å². The smallest absolute Gasteiger partial charge is 0.0845 e. The van der Waals surface area contributed by atoms with Crippen LogP contribution in [0.3, 0.4) is 0 Å². The summed E-state index contributed by atoms with van der Waals surface area (Å²) in [4.78, 5) is 7.68. The first-order valence-electron chi connectivity index (χ1n) is 11.6. The van der Waals surface area contributed by atoms with E-state index in [9.17, 15) is 5.11 Å². The molecule has 2 aromatic carbocycles. The molecular formula is C24H30Br2N6O. The number of piperazine rings is 1. The summed E-state index contributed by atoms with van der Waals surface area (Å²) in [6, 6.07) is 12.7. The second-order valence-corrected chi connectivity index (χ2v) is 10.6. The Morgan fingerprint density at radius 3 is 2.09 bits per heavy atom. The summed E-state index contributed by atoms with van der Waals surface area (Å²) < 4.78 is 4.37. The highest BCUT2D eigenvalue weighted by molar-refractivity contribution is 9.10. The highest BCUT2D eigenvalue weighted by Crippen LogP contribution is 2.33. The van der Waals surface area contributed by atoms with E-state index in [0.29, 0.717) is 19.6 Å². The lowest BCUT2D eigenvalue weighted by atomic mass is 10.2. The van der Waals surface area contributed by atoms with Gasteiger partial charge in [-0.3, -0.25) is 4.90 Å². The molecule has 176 valence electrons. The summed E-state index contributed by atoms with van der Waals surface area (Å²) in [7, 11) is 0. The van der Waals surface area contributed by atoms with E-state index in [2.05, 4.69) is 92.7 Å². The molecule has 0 radical (unpaired) electrons. The van der Waals surface area contributed by atoms with E-state index in [-0.39, 0.29) is 0 Å². The Hall–Kier alpha value is -1.61. The normalized spacial score (nSPS) is 16.3. The number of azide groups is 1. The van der Waals surface area contributed by atoms with E-state index in [1.165, 1.54) is 10.8 Å². The van der Waals surface area contributed by atoms with Crippen molar-refractivity contribution in [2.75, 3.05) is 45.8 Å². The van der Waals surface area contributed by atoms with Crippen LogP contribution in [0.4, 0.5) is 0 Å². The molecule has 1 atom stereocenters. The van der Waals surface area contributed by atoms with Gasteiger partial charge in [-0.25, -0.2) is 0 Å². The Kier molecular flexibility index (Phi) is 8.68. The molecule has 33 heavy (non-hydrogen) atoms. The van der Waals surface area contributed by atoms with E-state index in [1.807, 2.05) is 0 Å². The molecule has 1 N–H and O–H groups in total. The summed E-state index contributed by atoms with van der Waals surface area (Å²) in [6.07, 6.45) is 2.78. The zero-order valence-corrected chi connectivity index (χ0v) is 21.9. The van der Waals surface area contributed by atoms with Gasteiger partial charge in [-0.15, -0.1) is 0 Å². The third-order valence-electron chi connectivity index (χ3n) is 6.41. The van der Waals surface area contributed by atoms with E-state index in [0.717, 1.165) is 72.0 Å². The number of unbranched alkanes of at least 4 members (excludes halogenated alkanes) is 2. The van der Waals surface area contributed by atoms with Crippen LogP contribution in [-0.4, -0.2) is 71.4 Å². The standard InChI is InChI=1S/C24H30Br2N6O/c25-18-4-6-23-21(14-18)22-15-19(26)5-7-24(22)32(23)17-20(33)16-31-12-10-30(11-13-31)9-3-1-2-8-28-29-27/h4-7,14-15,20,33H,1-3,8-13,16-17H2. The van der Waals surface area contributed by atoms with Crippen LogP contribution in [0.5, 0.6) is 0 Å². The topological polar surface area (TPSA) is 80.4 Å². The number of aliphatic hydroxyl groups is 1. The van der Waals surface area contributed by atoms with Crippen LogP contribution in [-0.2, 0) is 6.54 Å². The van der Waals surface area contributed by atoms with Gasteiger partial charge in [0.05, 0.1) is 12.6 Å². The van der Waals surface area contributed by atoms with Crippen LogP contribution in [0.2, 0.25) is 0 Å². The van der Waals surface area contributed by atoms with Crippen molar-refractivity contribution in [3.63, 3.8) is 0 Å². The van der Waals surface area contributed by atoms with Gasteiger partial charge in [-0.05, 0) is 61.3 Å². The Balaban J connectivity index is 1.32. The molecule has 1 aromatic heterocycles. The predicted molar refractivity (Wildman–Crippen MR) is 142 cm³/mol. The molecule has 0 spiro atoms. The maximum absolute atomic E-state index is 11.0. The van der Waals surface area contributed by atoms with Crippen LogP contribution in [0.1, 0.15) is 19.3 Å². The molecule has 0 aliphatic carbocycles. The van der Waals surface area contributed by atoms with E-state index in [4.69, 9.17) is 5.53 Å². The minimum Gasteiger partial charge on any atom is -0.390 e. The first kappa shape index (κ1) is 24.5. The number of nitrogens with zero attached hydrogens (tertiary/aromatic N) is 6. The molecular weight excluding hydrogens is 548 g/mol. The van der Waals surface area contributed by atoms with Gasteiger partial charge in [0, 0.05) is 74.9 Å². The molecule has 1 aliphatic heterocycles.